The van der Waals surface area contributed by atoms with Crippen molar-refractivity contribution >= 4 is 23.7 Å². The summed E-state index contributed by atoms with van der Waals surface area (Å²) in [5, 5.41) is 5.46. The van der Waals surface area contributed by atoms with Crippen molar-refractivity contribution in [1.82, 2.24) is 14.7 Å². The smallest absolute Gasteiger partial charge is 0.227 e. The van der Waals surface area contributed by atoms with E-state index in [1.54, 1.807) is 11.8 Å². The first kappa shape index (κ1) is 13.2. The summed E-state index contributed by atoms with van der Waals surface area (Å²) in [6.07, 6.45) is 2.66. The molecule has 2 heterocycles. The van der Waals surface area contributed by atoms with Gasteiger partial charge in [0.05, 0.1) is 10.7 Å². The number of hydrogen-bond acceptors (Lipinski definition) is 3. The maximum absolute atomic E-state index is 11.8. The molecule has 1 aromatic rings. The van der Waals surface area contributed by atoms with E-state index in [1.165, 1.54) is 0 Å². The molecular weight excluding hydrogens is 246 g/mol. The van der Waals surface area contributed by atoms with E-state index in [0.717, 1.165) is 34.3 Å². The van der Waals surface area contributed by atoms with Crippen LogP contribution in [0.5, 0.6) is 0 Å². The Bertz CT molecular complexity index is 505. The van der Waals surface area contributed by atoms with Crippen LogP contribution in [0.1, 0.15) is 30.3 Å². The van der Waals surface area contributed by atoms with Gasteiger partial charge < -0.3 is 4.90 Å². The van der Waals surface area contributed by atoms with Gasteiger partial charge in [0, 0.05) is 37.0 Å². The zero-order chi connectivity index (χ0) is 13.3. The normalized spacial score (nSPS) is 17.8. The van der Waals surface area contributed by atoms with E-state index in [2.05, 4.69) is 18.1 Å². The predicted octanol–water partition coefficient (Wildman–Crippen LogP) is 2.32. The largest absolute Gasteiger partial charge is 0.306 e. The Kier molecular flexibility index (Phi) is 3.80. The van der Waals surface area contributed by atoms with Crippen molar-refractivity contribution in [3.63, 3.8) is 0 Å². The van der Waals surface area contributed by atoms with Crippen LogP contribution in [-0.4, -0.2) is 32.9 Å². The molecule has 0 bridgehead atoms. The van der Waals surface area contributed by atoms with Gasteiger partial charge in [0.25, 0.3) is 0 Å². The minimum atomic E-state index is 0.199. The molecular formula is C13H19N3OS. The first-order chi connectivity index (χ1) is 8.54. The fourth-order valence-electron chi connectivity index (χ4n) is 2.11. The molecule has 0 atom stereocenters. The fraction of sp³-hybridized carbons (Fsp3) is 0.538. The molecule has 0 radical (unpaired) electrons. The Hall–Kier alpha value is -1.23. The average Bonchev–Trinajstić information content (AvgIpc) is 2.89. The molecule has 0 aliphatic carbocycles. The second kappa shape index (κ2) is 5.18. The first-order valence-electron chi connectivity index (χ1n) is 6.19. The predicted molar refractivity (Wildman–Crippen MR) is 75.1 cm³/mol. The maximum Gasteiger partial charge on any atom is 0.227 e. The van der Waals surface area contributed by atoms with E-state index < -0.39 is 0 Å². The number of amides is 1. The lowest BCUT2D eigenvalue weighted by molar-refractivity contribution is -0.128. The van der Waals surface area contributed by atoms with Gasteiger partial charge in [-0.2, -0.15) is 5.10 Å². The van der Waals surface area contributed by atoms with Gasteiger partial charge in [-0.1, -0.05) is 6.92 Å². The molecule has 0 N–H and O–H groups in total. The van der Waals surface area contributed by atoms with Crippen LogP contribution >= 0.6 is 11.8 Å². The number of hydrogen-bond donors (Lipinski definition) is 0. The van der Waals surface area contributed by atoms with Crippen LogP contribution in [0, 0.1) is 13.8 Å². The highest BCUT2D eigenvalue weighted by Gasteiger charge is 2.23. The molecule has 1 aliphatic heterocycles. The molecule has 0 unspecified atom stereocenters. The number of aryl methyl sites for hydroxylation is 2. The van der Waals surface area contributed by atoms with Gasteiger partial charge in [0.1, 0.15) is 0 Å². The average molecular weight is 265 g/mol. The molecule has 2 rings (SSSR count). The molecule has 1 fully saturated rings. The molecule has 4 nitrogen and oxygen atoms in total. The molecule has 5 heteroatoms. The third-order valence-corrected chi connectivity index (χ3v) is 4.29. The number of nitrogens with zero attached hydrogens (tertiary/aromatic N) is 3. The Morgan fingerprint density at radius 3 is 2.78 bits per heavy atom. The molecule has 1 saturated heterocycles. The van der Waals surface area contributed by atoms with E-state index in [1.807, 2.05) is 30.5 Å². The number of thioether (sulfide) groups is 1. The van der Waals surface area contributed by atoms with Crippen molar-refractivity contribution in [2.45, 2.75) is 27.2 Å². The minimum Gasteiger partial charge on any atom is -0.306 e. The summed E-state index contributed by atoms with van der Waals surface area (Å²) in [6, 6.07) is 0. The van der Waals surface area contributed by atoms with Gasteiger partial charge in [-0.3, -0.25) is 9.48 Å². The van der Waals surface area contributed by atoms with Gasteiger partial charge in [-0.15, -0.1) is 11.8 Å². The van der Waals surface area contributed by atoms with Gasteiger partial charge in [-0.05, 0) is 19.9 Å². The highest BCUT2D eigenvalue weighted by atomic mass is 32.2. The van der Waals surface area contributed by atoms with Crippen LogP contribution in [0.15, 0.2) is 5.03 Å². The van der Waals surface area contributed by atoms with Gasteiger partial charge in [0.15, 0.2) is 0 Å². The molecule has 0 saturated carbocycles. The van der Waals surface area contributed by atoms with E-state index in [0.29, 0.717) is 6.42 Å². The summed E-state index contributed by atoms with van der Waals surface area (Å²) in [5.74, 6) is 1.18. The highest BCUT2D eigenvalue weighted by Crippen LogP contribution is 2.31. The Morgan fingerprint density at radius 2 is 2.22 bits per heavy atom. The summed E-state index contributed by atoms with van der Waals surface area (Å²) in [7, 11) is 1.95. The van der Waals surface area contributed by atoms with Crippen molar-refractivity contribution in [3.8, 4) is 0 Å². The zero-order valence-electron chi connectivity index (χ0n) is 11.4. The number of aromatic nitrogens is 2. The second-order valence-electron chi connectivity index (χ2n) is 4.44. The third-order valence-electron chi connectivity index (χ3n) is 3.27. The summed E-state index contributed by atoms with van der Waals surface area (Å²) in [6.45, 7) is 6.79. The molecule has 1 aliphatic rings. The summed E-state index contributed by atoms with van der Waals surface area (Å²) >= 11 is 1.74. The van der Waals surface area contributed by atoms with Crippen molar-refractivity contribution < 1.29 is 4.79 Å². The molecule has 98 valence electrons. The van der Waals surface area contributed by atoms with Crippen molar-refractivity contribution in [2.75, 3.05) is 12.3 Å². The third kappa shape index (κ3) is 2.32. The molecule has 1 aromatic heterocycles. The summed E-state index contributed by atoms with van der Waals surface area (Å²) in [5.41, 5.74) is 3.28. The van der Waals surface area contributed by atoms with E-state index in [9.17, 15) is 4.79 Å². The second-order valence-corrected chi connectivity index (χ2v) is 5.55. The van der Waals surface area contributed by atoms with Crippen molar-refractivity contribution in [1.29, 1.82) is 0 Å². The molecule has 1 amide bonds. The molecule has 0 spiro atoms. The van der Waals surface area contributed by atoms with E-state index >= 15 is 0 Å². The Balaban J connectivity index is 2.35. The summed E-state index contributed by atoms with van der Waals surface area (Å²) < 4.78 is 1.88. The summed E-state index contributed by atoms with van der Waals surface area (Å²) in [4.78, 5) is 13.7. The lowest BCUT2D eigenvalue weighted by Gasteiger charge is -2.15. The van der Waals surface area contributed by atoms with Gasteiger partial charge >= 0.3 is 0 Å². The maximum atomic E-state index is 11.8. The Labute approximate surface area is 112 Å². The number of carbonyl (C=O) groups excluding carboxylic acids is 1. The van der Waals surface area contributed by atoms with Crippen LogP contribution in [0.2, 0.25) is 0 Å². The SMILES string of the molecule is CCC(=O)N1CCS/C1=C/c1c(C)nn(C)c1C. The molecule has 0 aromatic carbocycles. The number of rotatable bonds is 2. The van der Waals surface area contributed by atoms with Gasteiger partial charge in [-0.25, -0.2) is 0 Å². The first-order valence-corrected chi connectivity index (χ1v) is 7.18. The lowest BCUT2D eigenvalue weighted by Crippen LogP contribution is -2.25. The topological polar surface area (TPSA) is 38.1 Å². The van der Waals surface area contributed by atoms with Crippen LogP contribution in [0.4, 0.5) is 0 Å². The van der Waals surface area contributed by atoms with E-state index in [4.69, 9.17) is 0 Å². The quantitative estimate of drug-likeness (QED) is 0.823. The lowest BCUT2D eigenvalue weighted by atomic mass is 10.2. The fourth-order valence-corrected chi connectivity index (χ4v) is 3.14. The highest BCUT2D eigenvalue weighted by molar-refractivity contribution is 8.03. The van der Waals surface area contributed by atoms with Crippen LogP contribution < -0.4 is 0 Å². The number of carbonyl (C=O) groups is 1. The monoisotopic (exact) mass is 265 g/mol. The van der Waals surface area contributed by atoms with E-state index in [-0.39, 0.29) is 5.91 Å². The standard InChI is InChI=1S/C13H19N3OS/c1-5-12(17)16-6-7-18-13(16)8-11-9(2)14-15(4)10(11)3/h8H,5-7H2,1-4H3/b13-8+. The molecule has 18 heavy (non-hydrogen) atoms. The van der Waals surface area contributed by atoms with Gasteiger partial charge in [0.2, 0.25) is 5.91 Å². The Morgan fingerprint density at radius 1 is 1.50 bits per heavy atom. The zero-order valence-corrected chi connectivity index (χ0v) is 12.2. The van der Waals surface area contributed by atoms with Crippen LogP contribution in [-0.2, 0) is 11.8 Å². The van der Waals surface area contributed by atoms with Crippen molar-refractivity contribution in [3.05, 3.63) is 22.0 Å². The van der Waals surface area contributed by atoms with Crippen molar-refractivity contribution in [2.24, 2.45) is 7.05 Å². The van der Waals surface area contributed by atoms with Crippen LogP contribution in [0.3, 0.4) is 0 Å². The van der Waals surface area contributed by atoms with Crippen LogP contribution in [0.25, 0.3) is 6.08 Å². The minimum absolute atomic E-state index is 0.199.